The minimum Gasteiger partial charge on any atom is -0.463 e. The second kappa shape index (κ2) is 12.4. The number of nitrogens with two attached hydrogens (primary N) is 1. The van der Waals surface area contributed by atoms with Crippen LogP contribution >= 0.6 is 0 Å². The molecule has 0 spiro atoms. The third-order valence-corrected chi connectivity index (χ3v) is 2.81. The Morgan fingerprint density at radius 2 is 1.79 bits per heavy atom. The Morgan fingerprint density at radius 3 is 2.42 bits per heavy atom. The van der Waals surface area contributed by atoms with Gasteiger partial charge in [-0.05, 0) is 26.2 Å². The topological polar surface area (TPSA) is 70.8 Å². The van der Waals surface area contributed by atoms with Gasteiger partial charge in [0.25, 0.3) is 0 Å². The Kier molecular flexibility index (Phi) is 12.0. The number of ether oxygens (including phenoxy) is 3. The summed E-state index contributed by atoms with van der Waals surface area (Å²) in [6.07, 6.45) is 3.59. The fourth-order valence-electron chi connectivity index (χ4n) is 1.61. The lowest BCUT2D eigenvalue weighted by Gasteiger charge is -2.12. The van der Waals surface area contributed by atoms with Crippen molar-refractivity contribution >= 4 is 5.97 Å². The first-order valence-corrected chi connectivity index (χ1v) is 7.06. The van der Waals surface area contributed by atoms with Crippen LogP contribution < -0.4 is 5.73 Å². The fraction of sp³-hybridized carbons (Fsp3) is 0.929. The molecule has 0 bridgehead atoms. The summed E-state index contributed by atoms with van der Waals surface area (Å²) < 4.78 is 15.3. The summed E-state index contributed by atoms with van der Waals surface area (Å²) in [5, 5.41) is 0. The molecule has 0 aromatic carbocycles. The molecule has 114 valence electrons. The third kappa shape index (κ3) is 12.1. The second-order valence-corrected chi connectivity index (χ2v) is 4.94. The zero-order valence-corrected chi connectivity index (χ0v) is 12.5. The van der Waals surface area contributed by atoms with Crippen molar-refractivity contribution < 1.29 is 19.0 Å². The minimum atomic E-state index is -0.148. The number of hydrogen-bond acceptors (Lipinski definition) is 5. The molecule has 0 fully saturated rings. The molecule has 0 aliphatic heterocycles. The molecule has 0 saturated carbocycles. The van der Waals surface area contributed by atoms with Crippen molar-refractivity contribution in [3.8, 4) is 0 Å². The van der Waals surface area contributed by atoms with Crippen LogP contribution in [0.3, 0.4) is 0 Å². The maximum atomic E-state index is 11.6. The van der Waals surface area contributed by atoms with Crippen LogP contribution in [0.25, 0.3) is 0 Å². The van der Waals surface area contributed by atoms with Gasteiger partial charge in [-0.15, -0.1) is 0 Å². The molecule has 2 N–H and O–H groups in total. The summed E-state index contributed by atoms with van der Waals surface area (Å²) in [5.74, 6) is -0.211. The van der Waals surface area contributed by atoms with Gasteiger partial charge in [0.15, 0.2) is 0 Å². The molecule has 0 heterocycles. The average molecular weight is 275 g/mol. The molecular weight excluding hydrogens is 246 g/mol. The van der Waals surface area contributed by atoms with Gasteiger partial charge in [-0.2, -0.15) is 0 Å². The van der Waals surface area contributed by atoms with Crippen molar-refractivity contribution in [2.45, 2.75) is 45.6 Å². The number of carbonyl (C=O) groups is 1. The molecule has 0 radical (unpaired) electrons. The summed E-state index contributed by atoms with van der Waals surface area (Å²) in [7, 11) is 1.66. The van der Waals surface area contributed by atoms with Crippen LogP contribution in [0, 0.1) is 5.92 Å². The van der Waals surface area contributed by atoms with Gasteiger partial charge in [-0.25, -0.2) is 0 Å². The normalized spacial score (nSPS) is 14.1. The molecule has 2 atom stereocenters. The molecule has 19 heavy (non-hydrogen) atoms. The van der Waals surface area contributed by atoms with Crippen LogP contribution in [-0.4, -0.2) is 45.5 Å². The first-order valence-electron chi connectivity index (χ1n) is 7.06. The van der Waals surface area contributed by atoms with Gasteiger partial charge in [0.2, 0.25) is 0 Å². The number of rotatable bonds is 12. The zero-order chi connectivity index (χ0) is 14.5. The van der Waals surface area contributed by atoms with Crippen LogP contribution in [0.1, 0.15) is 39.5 Å². The Hall–Kier alpha value is -0.650. The highest BCUT2D eigenvalue weighted by atomic mass is 16.6. The molecule has 0 aliphatic carbocycles. The van der Waals surface area contributed by atoms with Crippen LogP contribution in [0.2, 0.25) is 0 Å². The quantitative estimate of drug-likeness (QED) is 0.434. The molecule has 0 saturated heterocycles. The Labute approximate surface area is 116 Å². The number of esters is 1. The highest BCUT2D eigenvalue weighted by Crippen LogP contribution is 2.10. The van der Waals surface area contributed by atoms with Gasteiger partial charge < -0.3 is 19.9 Å². The van der Waals surface area contributed by atoms with E-state index in [0.29, 0.717) is 26.4 Å². The van der Waals surface area contributed by atoms with Gasteiger partial charge in [-0.1, -0.05) is 13.3 Å². The predicted octanol–water partition coefficient (Wildman–Crippen LogP) is 1.74. The van der Waals surface area contributed by atoms with Gasteiger partial charge in [0.05, 0.1) is 12.5 Å². The number of hydrogen-bond donors (Lipinski definition) is 1. The highest BCUT2D eigenvalue weighted by molar-refractivity contribution is 5.71. The van der Waals surface area contributed by atoms with Crippen molar-refractivity contribution in [3.63, 3.8) is 0 Å². The van der Waals surface area contributed by atoms with E-state index in [1.807, 2.05) is 13.8 Å². The number of methoxy groups -OCH3 is 1. The SMILES string of the molecule is COCCCOCCOC(=O)C(C)CCCC(C)N. The monoisotopic (exact) mass is 275 g/mol. The van der Waals surface area contributed by atoms with E-state index in [-0.39, 0.29) is 17.9 Å². The predicted molar refractivity (Wildman–Crippen MR) is 74.9 cm³/mol. The zero-order valence-electron chi connectivity index (χ0n) is 12.5. The van der Waals surface area contributed by atoms with Crippen molar-refractivity contribution in [2.24, 2.45) is 11.7 Å². The molecule has 0 rings (SSSR count). The fourth-order valence-corrected chi connectivity index (χ4v) is 1.61. The van der Waals surface area contributed by atoms with Gasteiger partial charge in [0.1, 0.15) is 6.61 Å². The van der Waals surface area contributed by atoms with Crippen LogP contribution in [0.15, 0.2) is 0 Å². The van der Waals surface area contributed by atoms with Crippen LogP contribution in [-0.2, 0) is 19.0 Å². The summed E-state index contributed by atoms with van der Waals surface area (Å²) in [6.45, 7) is 5.96. The summed E-state index contributed by atoms with van der Waals surface area (Å²) in [4.78, 5) is 11.6. The van der Waals surface area contributed by atoms with Gasteiger partial charge >= 0.3 is 5.97 Å². The lowest BCUT2D eigenvalue weighted by atomic mass is 10.0. The second-order valence-electron chi connectivity index (χ2n) is 4.94. The lowest BCUT2D eigenvalue weighted by molar-refractivity contribution is -0.149. The first kappa shape index (κ1) is 18.4. The Bertz CT molecular complexity index is 221. The summed E-state index contributed by atoms with van der Waals surface area (Å²) in [6, 6.07) is 0.198. The molecule has 0 aromatic heterocycles. The standard InChI is InChI=1S/C14H29NO4/c1-12(6-4-7-13(2)15)14(16)19-11-10-18-9-5-8-17-3/h12-13H,4-11,15H2,1-3H3. The van der Waals surface area contributed by atoms with E-state index < -0.39 is 0 Å². The summed E-state index contributed by atoms with van der Waals surface area (Å²) in [5.41, 5.74) is 5.66. The lowest BCUT2D eigenvalue weighted by Crippen LogP contribution is -2.19. The van der Waals surface area contributed by atoms with Crippen molar-refractivity contribution in [1.82, 2.24) is 0 Å². The van der Waals surface area contributed by atoms with E-state index in [2.05, 4.69) is 0 Å². The first-order chi connectivity index (χ1) is 9.07. The molecule has 5 nitrogen and oxygen atoms in total. The van der Waals surface area contributed by atoms with Crippen molar-refractivity contribution in [3.05, 3.63) is 0 Å². The molecular formula is C14H29NO4. The number of carbonyl (C=O) groups excluding carboxylic acids is 1. The molecule has 2 unspecified atom stereocenters. The van der Waals surface area contributed by atoms with E-state index in [0.717, 1.165) is 25.7 Å². The van der Waals surface area contributed by atoms with Crippen molar-refractivity contribution in [1.29, 1.82) is 0 Å². The molecule has 0 aromatic rings. The molecule has 0 amide bonds. The highest BCUT2D eigenvalue weighted by Gasteiger charge is 2.14. The van der Waals surface area contributed by atoms with E-state index in [1.165, 1.54) is 0 Å². The largest absolute Gasteiger partial charge is 0.463 e. The summed E-state index contributed by atoms with van der Waals surface area (Å²) >= 11 is 0. The van der Waals surface area contributed by atoms with E-state index >= 15 is 0 Å². The van der Waals surface area contributed by atoms with E-state index in [1.54, 1.807) is 7.11 Å². The maximum absolute atomic E-state index is 11.6. The Balaban J connectivity index is 3.41. The van der Waals surface area contributed by atoms with Gasteiger partial charge in [0, 0.05) is 26.4 Å². The maximum Gasteiger partial charge on any atom is 0.308 e. The van der Waals surface area contributed by atoms with E-state index in [9.17, 15) is 4.79 Å². The van der Waals surface area contributed by atoms with E-state index in [4.69, 9.17) is 19.9 Å². The van der Waals surface area contributed by atoms with Crippen LogP contribution in [0.4, 0.5) is 0 Å². The molecule has 5 heteroatoms. The van der Waals surface area contributed by atoms with Gasteiger partial charge in [-0.3, -0.25) is 4.79 Å². The Morgan fingerprint density at radius 1 is 1.05 bits per heavy atom. The average Bonchev–Trinajstić information content (AvgIpc) is 2.36. The minimum absolute atomic E-state index is 0.0627. The third-order valence-electron chi connectivity index (χ3n) is 2.81. The smallest absolute Gasteiger partial charge is 0.308 e. The van der Waals surface area contributed by atoms with Crippen LogP contribution in [0.5, 0.6) is 0 Å². The molecule has 0 aliphatic rings. The van der Waals surface area contributed by atoms with Crippen molar-refractivity contribution in [2.75, 3.05) is 33.5 Å².